The number of pyridine rings is 1. The fourth-order valence-corrected chi connectivity index (χ4v) is 2.19. The Bertz CT molecular complexity index is 530. The first-order valence-corrected chi connectivity index (χ1v) is 6.27. The third-order valence-electron chi connectivity index (χ3n) is 3.00. The van der Waals surface area contributed by atoms with Gasteiger partial charge < -0.3 is 5.32 Å². The second kappa shape index (κ2) is 5.31. The van der Waals surface area contributed by atoms with Crippen molar-refractivity contribution in [3.63, 3.8) is 0 Å². The second-order valence-electron chi connectivity index (χ2n) is 4.65. The summed E-state index contributed by atoms with van der Waals surface area (Å²) in [5.74, 6) is 0. The molecular weight excluding hydrogens is 224 g/mol. The number of rotatable bonds is 4. The van der Waals surface area contributed by atoms with Crippen molar-refractivity contribution in [3.8, 4) is 0 Å². The average molecular weight is 244 g/mol. The van der Waals surface area contributed by atoms with Crippen LogP contribution in [0.25, 0.3) is 0 Å². The maximum atomic E-state index is 4.58. The molecule has 2 aromatic heterocycles. The molecule has 96 valence electrons. The summed E-state index contributed by atoms with van der Waals surface area (Å²) in [4.78, 5) is 4.58. The molecule has 2 heterocycles. The van der Waals surface area contributed by atoms with E-state index in [1.165, 1.54) is 11.1 Å². The molecule has 0 fully saturated rings. The lowest BCUT2D eigenvalue weighted by Gasteiger charge is -2.18. The summed E-state index contributed by atoms with van der Waals surface area (Å²) in [5.41, 5.74) is 4.64. The van der Waals surface area contributed by atoms with Crippen molar-refractivity contribution >= 4 is 0 Å². The molecule has 0 saturated carbocycles. The lowest BCUT2D eigenvalue weighted by atomic mass is 10.0. The van der Waals surface area contributed by atoms with Crippen molar-refractivity contribution in [1.29, 1.82) is 0 Å². The van der Waals surface area contributed by atoms with E-state index in [2.05, 4.69) is 42.2 Å². The van der Waals surface area contributed by atoms with Crippen molar-refractivity contribution in [2.45, 2.75) is 26.8 Å². The van der Waals surface area contributed by atoms with E-state index < -0.39 is 0 Å². The molecule has 0 amide bonds. The number of aromatic nitrogens is 3. The molecule has 2 rings (SSSR count). The first-order valence-electron chi connectivity index (χ1n) is 6.27. The van der Waals surface area contributed by atoms with Gasteiger partial charge in [0.25, 0.3) is 0 Å². The molecule has 0 aliphatic rings. The third kappa shape index (κ3) is 2.59. The molecule has 0 spiro atoms. The van der Waals surface area contributed by atoms with Crippen LogP contribution in [0.5, 0.6) is 0 Å². The van der Waals surface area contributed by atoms with Crippen LogP contribution in [-0.2, 0) is 7.05 Å². The Kier molecular flexibility index (Phi) is 3.77. The maximum absolute atomic E-state index is 4.58. The molecule has 1 atom stereocenters. The maximum Gasteiger partial charge on any atom is 0.0784 e. The van der Waals surface area contributed by atoms with Crippen molar-refractivity contribution in [1.82, 2.24) is 20.1 Å². The van der Waals surface area contributed by atoms with E-state index in [4.69, 9.17) is 0 Å². The van der Waals surface area contributed by atoms with Gasteiger partial charge in [0.15, 0.2) is 0 Å². The first kappa shape index (κ1) is 12.8. The van der Waals surface area contributed by atoms with Gasteiger partial charge in [-0.15, -0.1) is 0 Å². The van der Waals surface area contributed by atoms with Crippen LogP contribution in [0.2, 0.25) is 0 Å². The van der Waals surface area contributed by atoms with Gasteiger partial charge in [-0.25, -0.2) is 0 Å². The van der Waals surface area contributed by atoms with Crippen molar-refractivity contribution < 1.29 is 0 Å². The highest BCUT2D eigenvalue weighted by atomic mass is 15.2. The lowest BCUT2D eigenvalue weighted by molar-refractivity contribution is 0.611. The van der Waals surface area contributed by atoms with E-state index in [0.717, 1.165) is 17.8 Å². The van der Waals surface area contributed by atoms with Crippen LogP contribution in [0.4, 0.5) is 0 Å². The summed E-state index contributed by atoms with van der Waals surface area (Å²) in [5, 5.41) is 7.71. The summed E-state index contributed by atoms with van der Waals surface area (Å²) in [7, 11) is 1.93. The second-order valence-corrected chi connectivity index (χ2v) is 4.65. The molecule has 2 aromatic rings. The number of aryl methyl sites for hydroxylation is 3. The van der Waals surface area contributed by atoms with Gasteiger partial charge in [0.1, 0.15) is 0 Å². The zero-order valence-electron chi connectivity index (χ0n) is 11.4. The fourth-order valence-electron chi connectivity index (χ4n) is 2.19. The lowest BCUT2D eigenvalue weighted by Crippen LogP contribution is -2.23. The van der Waals surface area contributed by atoms with E-state index in [-0.39, 0.29) is 6.04 Å². The van der Waals surface area contributed by atoms with Gasteiger partial charge in [-0.3, -0.25) is 9.67 Å². The summed E-state index contributed by atoms with van der Waals surface area (Å²) in [6.45, 7) is 7.17. The SMILES string of the molecule is CCNC(c1cnn(C)c1)c1ncc(C)cc1C. The molecule has 1 N–H and O–H groups in total. The van der Waals surface area contributed by atoms with Crippen LogP contribution in [0.15, 0.2) is 24.7 Å². The molecule has 0 saturated heterocycles. The van der Waals surface area contributed by atoms with Crippen LogP contribution < -0.4 is 5.32 Å². The van der Waals surface area contributed by atoms with Crippen LogP contribution >= 0.6 is 0 Å². The largest absolute Gasteiger partial charge is 0.305 e. The minimum atomic E-state index is 0.115. The summed E-state index contributed by atoms with van der Waals surface area (Å²) in [6, 6.07) is 2.28. The van der Waals surface area contributed by atoms with E-state index in [1.54, 1.807) is 0 Å². The molecule has 4 heteroatoms. The van der Waals surface area contributed by atoms with Crippen LogP contribution in [0, 0.1) is 13.8 Å². The highest BCUT2D eigenvalue weighted by Gasteiger charge is 2.18. The Hall–Kier alpha value is -1.68. The van der Waals surface area contributed by atoms with Gasteiger partial charge in [0.2, 0.25) is 0 Å². The van der Waals surface area contributed by atoms with Crippen molar-refractivity contribution in [2.24, 2.45) is 7.05 Å². The van der Waals surface area contributed by atoms with Gasteiger partial charge in [0, 0.05) is 25.0 Å². The predicted molar refractivity (Wildman–Crippen MR) is 72.4 cm³/mol. The van der Waals surface area contributed by atoms with Gasteiger partial charge in [-0.1, -0.05) is 13.0 Å². The first-order chi connectivity index (χ1) is 8.61. The molecule has 0 radical (unpaired) electrons. The van der Waals surface area contributed by atoms with Crippen LogP contribution in [-0.4, -0.2) is 21.3 Å². The molecule has 4 nitrogen and oxygen atoms in total. The summed E-state index contributed by atoms with van der Waals surface area (Å²) in [6.07, 6.45) is 5.85. The van der Waals surface area contributed by atoms with Gasteiger partial charge >= 0.3 is 0 Å². The van der Waals surface area contributed by atoms with Crippen LogP contribution in [0.3, 0.4) is 0 Å². The normalized spacial score (nSPS) is 12.7. The topological polar surface area (TPSA) is 42.7 Å². The average Bonchev–Trinajstić information content (AvgIpc) is 2.73. The fraction of sp³-hybridized carbons (Fsp3) is 0.429. The van der Waals surface area contributed by atoms with Gasteiger partial charge in [-0.2, -0.15) is 5.10 Å². The molecular formula is C14H20N4. The van der Waals surface area contributed by atoms with E-state index in [9.17, 15) is 0 Å². The van der Waals surface area contributed by atoms with E-state index in [1.807, 2.05) is 30.3 Å². The molecule has 0 aliphatic heterocycles. The smallest absolute Gasteiger partial charge is 0.0784 e. The van der Waals surface area contributed by atoms with Gasteiger partial charge in [0.05, 0.1) is 17.9 Å². The molecule has 0 aliphatic carbocycles. The zero-order chi connectivity index (χ0) is 13.1. The predicted octanol–water partition coefficient (Wildman–Crippen LogP) is 2.13. The monoisotopic (exact) mass is 244 g/mol. The van der Waals surface area contributed by atoms with E-state index in [0.29, 0.717) is 0 Å². The Morgan fingerprint density at radius 3 is 2.67 bits per heavy atom. The highest BCUT2D eigenvalue weighted by Crippen LogP contribution is 2.23. The number of hydrogen-bond donors (Lipinski definition) is 1. The highest BCUT2D eigenvalue weighted by molar-refractivity contribution is 5.31. The van der Waals surface area contributed by atoms with Gasteiger partial charge in [-0.05, 0) is 31.5 Å². The zero-order valence-corrected chi connectivity index (χ0v) is 11.4. The molecule has 1 unspecified atom stereocenters. The van der Waals surface area contributed by atoms with E-state index >= 15 is 0 Å². The quantitative estimate of drug-likeness (QED) is 0.896. The molecule has 0 bridgehead atoms. The van der Waals surface area contributed by atoms with Crippen LogP contribution in [0.1, 0.15) is 35.3 Å². The summed E-state index contributed by atoms with van der Waals surface area (Å²) < 4.78 is 1.82. The Labute approximate surface area is 108 Å². The van der Waals surface area contributed by atoms with Crippen molar-refractivity contribution in [2.75, 3.05) is 6.54 Å². The molecule has 0 aromatic carbocycles. The standard InChI is InChI=1S/C14H20N4/c1-5-15-14(12-8-17-18(4)9-12)13-11(3)6-10(2)7-16-13/h6-9,14-15H,5H2,1-4H3. The number of hydrogen-bond acceptors (Lipinski definition) is 3. The minimum Gasteiger partial charge on any atom is -0.305 e. The Morgan fingerprint density at radius 1 is 1.33 bits per heavy atom. The third-order valence-corrected chi connectivity index (χ3v) is 3.00. The summed E-state index contributed by atoms with van der Waals surface area (Å²) >= 11 is 0. The Balaban J connectivity index is 2.41. The Morgan fingerprint density at radius 2 is 2.11 bits per heavy atom. The van der Waals surface area contributed by atoms with Crippen molar-refractivity contribution in [3.05, 3.63) is 47.0 Å². The number of nitrogens with zero attached hydrogens (tertiary/aromatic N) is 3. The number of nitrogens with one attached hydrogen (secondary N) is 1. The minimum absolute atomic E-state index is 0.115. The molecule has 18 heavy (non-hydrogen) atoms.